The lowest BCUT2D eigenvalue weighted by Gasteiger charge is -2.31. The second-order valence-corrected chi connectivity index (χ2v) is 6.00. The number of esters is 1. The van der Waals surface area contributed by atoms with Gasteiger partial charge in [-0.3, -0.25) is 14.4 Å². The lowest BCUT2D eigenvalue weighted by atomic mass is 9.98. The smallest absolute Gasteiger partial charge is 0.310 e. The molecule has 1 atom stereocenters. The van der Waals surface area contributed by atoms with E-state index < -0.39 is 0 Å². The topological polar surface area (TPSA) is 94.4 Å². The molecule has 8 nitrogen and oxygen atoms in total. The standard InChI is InChI=1S/C17H20N4O4/c1-2-25-17(24)12-6-5-9-20(10-12)15(22)11-21-16(23)13-7-3-4-8-14(13)18-19-21/h3-4,7-8,12H,2,5-6,9-11H2,1H3/t12-/m1/s1. The Bertz CT molecular complexity index is 848. The number of hydrogen-bond acceptors (Lipinski definition) is 6. The summed E-state index contributed by atoms with van der Waals surface area (Å²) in [6.45, 7) is 2.77. The fourth-order valence-electron chi connectivity index (χ4n) is 3.01. The molecule has 1 saturated heterocycles. The summed E-state index contributed by atoms with van der Waals surface area (Å²) in [7, 11) is 0. The van der Waals surface area contributed by atoms with Crippen molar-refractivity contribution in [3.63, 3.8) is 0 Å². The number of piperidine rings is 1. The molecule has 1 amide bonds. The van der Waals surface area contributed by atoms with E-state index in [1.54, 1.807) is 36.1 Å². The van der Waals surface area contributed by atoms with Gasteiger partial charge in [-0.25, -0.2) is 4.68 Å². The number of hydrogen-bond donors (Lipinski definition) is 0. The quantitative estimate of drug-likeness (QED) is 0.754. The zero-order valence-electron chi connectivity index (χ0n) is 14.1. The number of carbonyl (C=O) groups excluding carboxylic acids is 2. The van der Waals surface area contributed by atoms with E-state index in [0.717, 1.165) is 11.1 Å². The van der Waals surface area contributed by atoms with Crippen molar-refractivity contribution in [3.8, 4) is 0 Å². The Morgan fingerprint density at radius 2 is 2.12 bits per heavy atom. The Labute approximate surface area is 144 Å². The van der Waals surface area contributed by atoms with E-state index in [2.05, 4.69) is 10.3 Å². The third-order valence-corrected chi connectivity index (χ3v) is 4.31. The molecule has 0 saturated carbocycles. The van der Waals surface area contributed by atoms with Gasteiger partial charge in [-0.15, -0.1) is 5.10 Å². The number of aromatic nitrogens is 3. The SMILES string of the molecule is CCOC(=O)[C@@H]1CCCN(C(=O)Cn2nnc3ccccc3c2=O)C1. The molecule has 2 aromatic rings. The van der Waals surface area contributed by atoms with Crippen LogP contribution in [-0.4, -0.2) is 51.5 Å². The first kappa shape index (κ1) is 17.1. The second-order valence-electron chi connectivity index (χ2n) is 6.00. The molecular weight excluding hydrogens is 324 g/mol. The maximum Gasteiger partial charge on any atom is 0.310 e. The van der Waals surface area contributed by atoms with Crippen molar-refractivity contribution in [3.05, 3.63) is 34.6 Å². The van der Waals surface area contributed by atoms with Crippen LogP contribution >= 0.6 is 0 Å². The molecule has 8 heteroatoms. The number of rotatable bonds is 4. The molecule has 0 spiro atoms. The highest BCUT2D eigenvalue weighted by Gasteiger charge is 2.29. The molecule has 0 N–H and O–H groups in total. The molecule has 1 aliphatic heterocycles. The summed E-state index contributed by atoms with van der Waals surface area (Å²) in [5, 5.41) is 8.24. The van der Waals surface area contributed by atoms with Crippen molar-refractivity contribution in [2.45, 2.75) is 26.3 Å². The highest BCUT2D eigenvalue weighted by molar-refractivity contribution is 5.79. The minimum atomic E-state index is -0.349. The number of fused-ring (bicyclic) bond motifs is 1. The Morgan fingerprint density at radius 3 is 2.92 bits per heavy atom. The van der Waals surface area contributed by atoms with Gasteiger partial charge in [0.1, 0.15) is 12.1 Å². The third kappa shape index (κ3) is 3.67. The van der Waals surface area contributed by atoms with Gasteiger partial charge in [0.15, 0.2) is 0 Å². The molecule has 2 heterocycles. The van der Waals surface area contributed by atoms with Crippen LogP contribution in [0.2, 0.25) is 0 Å². The van der Waals surface area contributed by atoms with Crippen LogP contribution in [-0.2, 0) is 20.9 Å². The van der Waals surface area contributed by atoms with Gasteiger partial charge in [0.25, 0.3) is 5.56 Å². The van der Waals surface area contributed by atoms with Crippen LogP contribution in [0.1, 0.15) is 19.8 Å². The molecule has 0 bridgehead atoms. The van der Waals surface area contributed by atoms with Gasteiger partial charge < -0.3 is 9.64 Å². The van der Waals surface area contributed by atoms with E-state index in [0.29, 0.717) is 37.0 Å². The van der Waals surface area contributed by atoms with Crippen molar-refractivity contribution in [2.24, 2.45) is 5.92 Å². The van der Waals surface area contributed by atoms with Crippen LogP contribution in [0, 0.1) is 5.92 Å². The van der Waals surface area contributed by atoms with Gasteiger partial charge in [-0.2, -0.15) is 0 Å². The van der Waals surface area contributed by atoms with Crippen molar-refractivity contribution >= 4 is 22.8 Å². The lowest BCUT2D eigenvalue weighted by molar-refractivity contribution is -0.151. The molecular formula is C17H20N4O4. The largest absolute Gasteiger partial charge is 0.466 e. The van der Waals surface area contributed by atoms with Gasteiger partial charge in [0, 0.05) is 13.1 Å². The first-order valence-corrected chi connectivity index (χ1v) is 8.37. The highest BCUT2D eigenvalue weighted by atomic mass is 16.5. The van der Waals surface area contributed by atoms with E-state index in [-0.39, 0.29) is 29.9 Å². The van der Waals surface area contributed by atoms with Crippen molar-refractivity contribution in [2.75, 3.05) is 19.7 Å². The molecule has 1 aliphatic rings. The fraction of sp³-hybridized carbons (Fsp3) is 0.471. The minimum absolute atomic E-state index is 0.188. The van der Waals surface area contributed by atoms with Crippen LogP contribution < -0.4 is 5.56 Å². The number of likely N-dealkylation sites (tertiary alicyclic amines) is 1. The summed E-state index contributed by atoms with van der Waals surface area (Å²) in [6.07, 6.45) is 1.44. The van der Waals surface area contributed by atoms with Crippen LogP contribution in [0.5, 0.6) is 0 Å². The van der Waals surface area contributed by atoms with Crippen LogP contribution in [0.25, 0.3) is 10.9 Å². The monoisotopic (exact) mass is 344 g/mol. The molecule has 0 aliphatic carbocycles. The molecule has 0 unspecified atom stereocenters. The molecule has 3 rings (SSSR count). The van der Waals surface area contributed by atoms with E-state index in [1.807, 2.05) is 0 Å². The summed E-state index contributed by atoms with van der Waals surface area (Å²) >= 11 is 0. The normalized spacial score (nSPS) is 17.5. The van der Waals surface area contributed by atoms with E-state index in [1.165, 1.54) is 0 Å². The molecule has 1 aromatic carbocycles. The molecule has 25 heavy (non-hydrogen) atoms. The first-order chi connectivity index (χ1) is 12.1. The summed E-state index contributed by atoms with van der Waals surface area (Å²) in [4.78, 5) is 38.4. The van der Waals surface area contributed by atoms with Gasteiger partial charge in [-0.05, 0) is 31.9 Å². The van der Waals surface area contributed by atoms with Crippen molar-refractivity contribution in [1.82, 2.24) is 19.9 Å². The number of amides is 1. The minimum Gasteiger partial charge on any atom is -0.466 e. The van der Waals surface area contributed by atoms with Gasteiger partial charge in [-0.1, -0.05) is 17.3 Å². The summed E-state index contributed by atoms with van der Waals surface area (Å²) in [5.41, 5.74) is 0.148. The van der Waals surface area contributed by atoms with Gasteiger partial charge >= 0.3 is 5.97 Å². The van der Waals surface area contributed by atoms with Crippen LogP contribution in [0.3, 0.4) is 0 Å². The van der Waals surface area contributed by atoms with Gasteiger partial charge in [0.05, 0.1) is 17.9 Å². The fourth-order valence-corrected chi connectivity index (χ4v) is 3.01. The maximum absolute atomic E-state index is 12.5. The zero-order valence-corrected chi connectivity index (χ0v) is 14.1. The summed E-state index contributed by atoms with van der Waals surface area (Å²) < 4.78 is 6.11. The predicted octanol–water partition coefficient (Wildman–Crippen LogP) is 0.593. The first-order valence-electron chi connectivity index (χ1n) is 8.37. The maximum atomic E-state index is 12.5. The van der Waals surface area contributed by atoms with E-state index >= 15 is 0 Å². The Morgan fingerprint density at radius 1 is 1.32 bits per heavy atom. The van der Waals surface area contributed by atoms with Crippen LogP contribution in [0.15, 0.2) is 29.1 Å². The average Bonchev–Trinajstić information content (AvgIpc) is 2.64. The zero-order chi connectivity index (χ0) is 17.8. The van der Waals surface area contributed by atoms with Crippen LogP contribution in [0.4, 0.5) is 0 Å². The number of ether oxygens (including phenoxy) is 1. The summed E-state index contributed by atoms with van der Waals surface area (Å²) in [6, 6.07) is 6.87. The number of nitrogens with zero attached hydrogens (tertiary/aromatic N) is 4. The van der Waals surface area contributed by atoms with E-state index in [4.69, 9.17) is 4.74 Å². The molecule has 0 radical (unpaired) electrons. The van der Waals surface area contributed by atoms with Crippen molar-refractivity contribution < 1.29 is 14.3 Å². The Hall–Kier alpha value is -2.77. The van der Waals surface area contributed by atoms with Gasteiger partial charge in [0.2, 0.25) is 5.91 Å². The van der Waals surface area contributed by atoms with E-state index in [9.17, 15) is 14.4 Å². The Balaban J connectivity index is 1.73. The van der Waals surface area contributed by atoms with Crippen molar-refractivity contribution in [1.29, 1.82) is 0 Å². The average molecular weight is 344 g/mol. The summed E-state index contributed by atoms with van der Waals surface area (Å²) in [5.74, 6) is -0.833. The molecule has 132 valence electrons. The molecule has 1 fully saturated rings. The highest BCUT2D eigenvalue weighted by Crippen LogP contribution is 2.18. The second kappa shape index (κ2) is 7.42. The predicted molar refractivity (Wildman–Crippen MR) is 89.7 cm³/mol. The number of carbonyl (C=O) groups is 2. The third-order valence-electron chi connectivity index (χ3n) is 4.31. The number of benzene rings is 1. The lowest BCUT2D eigenvalue weighted by Crippen LogP contribution is -2.45. The molecule has 1 aromatic heterocycles. The Kier molecular flexibility index (Phi) is 5.06.